The van der Waals surface area contributed by atoms with Crippen LogP contribution in [0.2, 0.25) is 5.02 Å². The Balaban J connectivity index is 1.48. The number of alkyl halides is 2. The number of aromatic nitrogens is 2. The molecule has 0 amide bonds. The molecule has 0 radical (unpaired) electrons. The monoisotopic (exact) mass is 454 g/mol. The summed E-state index contributed by atoms with van der Waals surface area (Å²) in [5, 5.41) is 15.9. The van der Waals surface area contributed by atoms with E-state index in [2.05, 4.69) is 25.5 Å². The number of rotatable bonds is 4. The van der Waals surface area contributed by atoms with Gasteiger partial charge in [0, 0.05) is 55.6 Å². The largest absolute Gasteiger partial charge is 0.387 e. The van der Waals surface area contributed by atoms with Gasteiger partial charge in [0.1, 0.15) is 29.4 Å². The molecule has 3 unspecified atom stereocenters. The van der Waals surface area contributed by atoms with Crippen molar-refractivity contribution in [2.45, 2.75) is 37.0 Å². The summed E-state index contributed by atoms with van der Waals surface area (Å²) < 4.78 is 42.2. The van der Waals surface area contributed by atoms with E-state index in [4.69, 9.17) is 11.6 Å². The van der Waals surface area contributed by atoms with Gasteiger partial charge in [0.05, 0.1) is 17.8 Å². The average Bonchev–Trinajstić information content (AvgIpc) is 3.36. The number of piperazine rings is 1. The number of nitrogens with zero attached hydrogens (tertiary/aromatic N) is 4. The SMILES string of the molecule is OC1CCN(c2cc(N3CC4CC3CN4)cc(Nc3cc(F)c(Cl)cn3)n2)CC1(F)F. The van der Waals surface area contributed by atoms with Crippen molar-refractivity contribution in [3.05, 3.63) is 35.2 Å². The van der Waals surface area contributed by atoms with Gasteiger partial charge in [-0.05, 0) is 12.8 Å². The standard InChI is InChI=1S/C20H22ClF3N6O/c21-14-8-26-17(6-15(14)22)27-18-4-12(30-9-11-3-13(30)7-25-11)5-19(28-18)29-2-1-16(31)20(23,24)10-29/h4-6,8,11,13,16,25,31H,1-3,7,9-10H2,(H,26,27,28). The summed E-state index contributed by atoms with van der Waals surface area (Å²) in [6, 6.07) is 5.50. The Morgan fingerprint density at radius 2 is 2.10 bits per heavy atom. The number of hydrogen-bond donors (Lipinski definition) is 3. The van der Waals surface area contributed by atoms with Crippen LogP contribution >= 0.6 is 11.6 Å². The van der Waals surface area contributed by atoms with E-state index in [1.165, 1.54) is 11.1 Å². The smallest absolute Gasteiger partial charge is 0.290 e. The van der Waals surface area contributed by atoms with Gasteiger partial charge in [0.25, 0.3) is 5.92 Å². The molecule has 3 aliphatic rings. The van der Waals surface area contributed by atoms with Gasteiger partial charge in [0.15, 0.2) is 0 Å². The van der Waals surface area contributed by atoms with Gasteiger partial charge >= 0.3 is 0 Å². The molecular weight excluding hydrogens is 433 g/mol. The van der Waals surface area contributed by atoms with Crippen LogP contribution in [0.25, 0.3) is 0 Å². The summed E-state index contributed by atoms with van der Waals surface area (Å²) in [5.74, 6) is -2.89. The van der Waals surface area contributed by atoms with E-state index < -0.39 is 24.4 Å². The molecular formula is C20H22ClF3N6O. The Hall–Kier alpha value is -2.30. The van der Waals surface area contributed by atoms with E-state index in [0.29, 0.717) is 23.7 Å². The van der Waals surface area contributed by atoms with Crippen molar-refractivity contribution in [3.63, 3.8) is 0 Å². The number of nitrogens with one attached hydrogen (secondary N) is 2. The van der Waals surface area contributed by atoms with Crippen molar-refractivity contribution in [1.29, 1.82) is 0 Å². The van der Waals surface area contributed by atoms with Crippen LogP contribution in [-0.4, -0.2) is 65.4 Å². The highest BCUT2D eigenvalue weighted by atomic mass is 35.5. The first-order valence-corrected chi connectivity index (χ1v) is 10.6. The van der Waals surface area contributed by atoms with Crippen LogP contribution < -0.4 is 20.4 Å². The lowest BCUT2D eigenvalue weighted by atomic mass is 10.0. The summed E-state index contributed by atoms with van der Waals surface area (Å²) in [6.07, 6.45) is 0.510. The number of aliphatic hydroxyl groups is 1. The molecule has 0 spiro atoms. The Kier molecular flexibility index (Phi) is 5.10. The number of halogens is 4. The molecule has 3 fully saturated rings. The minimum atomic E-state index is -3.22. The zero-order valence-corrected chi connectivity index (χ0v) is 17.3. The van der Waals surface area contributed by atoms with Gasteiger partial charge in [-0.2, -0.15) is 0 Å². The highest BCUT2D eigenvalue weighted by Gasteiger charge is 2.44. The summed E-state index contributed by atoms with van der Waals surface area (Å²) in [6.45, 7) is 1.32. The predicted molar refractivity (Wildman–Crippen MR) is 112 cm³/mol. The summed E-state index contributed by atoms with van der Waals surface area (Å²) >= 11 is 5.70. The first-order chi connectivity index (χ1) is 14.8. The van der Waals surface area contributed by atoms with Gasteiger partial charge in [-0.1, -0.05) is 11.6 Å². The minimum absolute atomic E-state index is 0.0516. The lowest BCUT2D eigenvalue weighted by Crippen LogP contribution is -2.52. The van der Waals surface area contributed by atoms with Gasteiger partial charge in [-0.3, -0.25) is 0 Å². The molecule has 5 heterocycles. The number of pyridine rings is 2. The van der Waals surface area contributed by atoms with Gasteiger partial charge in [0.2, 0.25) is 0 Å². The first-order valence-electron chi connectivity index (χ1n) is 10.2. The van der Waals surface area contributed by atoms with Crippen molar-refractivity contribution in [1.82, 2.24) is 15.3 Å². The highest BCUT2D eigenvalue weighted by Crippen LogP contribution is 2.36. The van der Waals surface area contributed by atoms with Crippen LogP contribution in [0.3, 0.4) is 0 Å². The van der Waals surface area contributed by atoms with Crippen molar-refractivity contribution in [2.75, 3.05) is 41.3 Å². The maximum atomic E-state index is 14.2. The molecule has 7 nitrogen and oxygen atoms in total. The quantitative estimate of drug-likeness (QED) is 0.655. The highest BCUT2D eigenvalue weighted by molar-refractivity contribution is 6.30. The molecule has 2 aromatic heterocycles. The summed E-state index contributed by atoms with van der Waals surface area (Å²) in [7, 11) is 0. The van der Waals surface area contributed by atoms with E-state index in [9.17, 15) is 18.3 Å². The molecule has 0 aliphatic carbocycles. The molecule has 5 rings (SSSR count). The third-order valence-corrected chi connectivity index (χ3v) is 6.41. The van der Waals surface area contributed by atoms with Crippen LogP contribution in [0.1, 0.15) is 12.8 Å². The third-order valence-electron chi connectivity index (χ3n) is 6.14. The summed E-state index contributed by atoms with van der Waals surface area (Å²) in [4.78, 5) is 12.3. The van der Waals surface area contributed by atoms with Crippen molar-refractivity contribution in [2.24, 2.45) is 0 Å². The second-order valence-electron chi connectivity index (χ2n) is 8.31. The normalized spacial score (nSPS) is 27.1. The fourth-order valence-electron chi connectivity index (χ4n) is 4.51. The first kappa shape index (κ1) is 20.6. The molecule has 2 bridgehead atoms. The fraction of sp³-hybridized carbons (Fsp3) is 0.500. The zero-order chi connectivity index (χ0) is 21.8. The maximum Gasteiger partial charge on any atom is 0.290 e. The molecule has 0 aromatic carbocycles. The van der Waals surface area contributed by atoms with Crippen LogP contribution in [0, 0.1) is 5.82 Å². The molecule has 2 aromatic rings. The van der Waals surface area contributed by atoms with E-state index in [1.807, 2.05) is 6.07 Å². The van der Waals surface area contributed by atoms with Crippen LogP contribution in [0.4, 0.5) is 36.3 Å². The molecule has 3 atom stereocenters. The number of fused-ring (bicyclic) bond motifs is 2. The molecule has 31 heavy (non-hydrogen) atoms. The number of aliphatic hydroxyl groups excluding tert-OH is 1. The van der Waals surface area contributed by atoms with Crippen LogP contribution in [0.15, 0.2) is 24.4 Å². The van der Waals surface area contributed by atoms with Crippen molar-refractivity contribution >= 4 is 34.7 Å². The Bertz CT molecular complexity index is 995. The van der Waals surface area contributed by atoms with Crippen molar-refractivity contribution < 1.29 is 18.3 Å². The third kappa shape index (κ3) is 3.99. The molecule has 0 saturated carbocycles. The number of piperidine rings is 1. The van der Waals surface area contributed by atoms with E-state index in [1.54, 1.807) is 6.07 Å². The molecule has 3 aliphatic heterocycles. The second-order valence-corrected chi connectivity index (χ2v) is 8.72. The zero-order valence-electron chi connectivity index (χ0n) is 16.5. The Labute approximate surface area is 182 Å². The van der Waals surface area contributed by atoms with Crippen LogP contribution in [0.5, 0.6) is 0 Å². The van der Waals surface area contributed by atoms with Gasteiger partial charge in [-0.25, -0.2) is 23.1 Å². The minimum Gasteiger partial charge on any atom is -0.387 e. The fourth-order valence-corrected chi connectivity index (χ4v) is 4.61. The van der Waals surface area contributed by atoms with E-state index in [-0.39, 0.29) is 23.8 Å². The molecule has 166 valence electrons. The Morgan fingerprint density at radius 3 is 2.77 bits per heavy atom. The number of hydrogen-bond acceptors (Lipinski definition) is 7. The van der Waals surface area contributed by atoms with E-state index >= 15 is 0 Å². The Morgan fingerprint density at radius 1 is 1.26 bits per heavy atom. The van der Waals surface area contributed by atoms with E-state index in [0.717, 1.165) is 31.3 Å². The molecule has 3 saturated heterocycles. The second kappa shape index (κ2) is 7.68. The molecule has 11 heteroatoms. The van der Waals surface area contributed by atoms with Gasteiger partial charge < -0.3 is 25.5 Å². The van der Waals surface area contributed by atoms with Gasteiger partial charge in [-0.15, -0.1) is 0 Å². The predicted octanol–water partition coefficient (Wildman–Crippen LogP) is 2.77. The molecule has 3 N–H and O–H groups in total. The lowest BCUT2D eigenvalue weighted by Gasteiger charge is -2.37. The maximum absolute atomic E-state index is 14.2. The lowest BCUT2D eigenvalue weighted by molar-refractivity contribution is -0.113. The number of anilines is 4. The average molecular weight is 455 g/mol. The topological polar surface area (TPSA) is 76.6 Å². The summed E-state index contributed by atoms with van der Waals surface area (Å²) in [5.41, 5.74) is 0.852. The van der Waals surface area contributed by atoms with Crippen LogP contribution in [-0.2, 0) is 0 Å². The van der Waals surface area contributed by atoms with Crippen molar-refractivity contribution in [3.8, 4) is 0 Å².